The Bertz CT molecular complexity index is 806. The van der Waals surface area contributed by atoms with Gasteiger partial charge in [0.1, 0.15) is 0 Å². The summed E-state index contributed by atoms with van der Waals surface area (Å²) < 4.78 is 29.7. The molecule has 0 aliphatic carbocycles. The van der Waals surface area contributed by atoms with E-state index in [-0.39, 0.29) is 29.9 Å². The van der Waals surface area contributed by atoms with Crippen LogP contribution in [0.3, 0.4) is 0 Å². The van der Waals surface area contributed by atoms with E-state index in [2.05, 4.69) is 14.9 Å². The maximum atomic E-state index is 12.1. The number of hydrogen-bond acceptors (Lipinski definition) is 5. The van der Waals surface area contributed by atoms with Crippen molar-refractivity contribution in [3.05, 3.63) is 29.7 Å². The molecule has 0 spiro atoms. The SMILES string of the molecule is Cc1cc(C(=O)O)nn1CCNS(=O)(=O)c1ccn(C(C)C)n1. The van der Waals surface area contributed by atoms with Crippen molar-refractivity contribution >= 4 is 16.0 Å². The molecule has 0 radical (unpaired) electrons. The summed E-state index contributed by atoms with van der Waals surface area (Å²) in [4.78, 5) is 10.8. The van der Waals surface area contributed by atoms with Gasteiger partial charge in [0, 0.05) is 24.5 Å². The Kier molecular flexibility index (Phi) is 4.85. The van der Waals surface area contributed by atoms with Gasteiger partial charge in [-0.25, -0.2) is 17.9 Å². The molecule has 0 aliphatic heterocycles. The fraction of sp³-hybridized carbons (Fsp3) is 0.462. The third kappa shape index (κ3) is 3.96. The fourth-order valence-corrected chi connectivity index (χ4v) is 2.90. The number of aromatic carboxylic acids is 1. The number of carboxylic acid groups (broad SMARTS) is 1. The van der Waals surface area contributed by atoms with E-state index in [4.69, 9.17) is 5.11 Å². The summed E-state index contributed by atoms with van der Waals surface area (Å²) >= 11 is 0. The van der Waals surface area contributed by atoms with E-state index in [0.29, 0.717) is 5.69 Å². The van der Waals surface area contributed by atoms with Gasteiger partial charge in [0.15, 0.2) is 10.7 Å². The Hall–Kier alpha value is -2.20. The minimum atomic E-state index is -3.70. The largest absolute Gasteiger partial charge is 0.476 e. The Morgan fingerprint density at radius 1 is 1.39 bits per heavy atom. The Morgan fingerprint density at radius 3 is 2.61 bits per heavy atom. The molecule has 2 aromatic rings. The summed E-state index contributed by atoms with van der Waals surface area (Å²) in [7, 11) is -3.70. The van der Waals surface area contributed by atoms with Crippen LogP contribution in [0.5, 0.6) is 0 Å². The van der Waals surface area contributed by atoms with E-state index in [1.54, 1.807) is 17.8 Å². The Balaban J connectivity index is 2.01. The molecule has 0 bridgehead atoms. The maximum absolute atomic E-state index is 12.1. The van der Waals surface area contributed by atoms with Crippen LogP contribution in [0.1, 0.15) is 36.1 Å². The summed E-state index contributed by atoms with van der Waals surface area (Å²) in [6.07, 6.45) is 1.61. The van der Waals surface area contributed by atoms with Crippen molar-refractivity contribution in [2.75, 3.05) is 6.54 Å². The molecule has 0 amide bonds. The highest BCUT2D eigenvalue weighted by atomic mass is 32.2. The second-order valence-electron chi connectivity index (χ2n) is 5.32. The number of sulfonamides is 1. The molecule has 0 saturated heterocycles. The van der Waals surface area contributed by atoms with Gasteiger partial charge in [-0.15, -0.1) is 0 Å². The molecule has 0 saturated carbocycles. The molecular weight excluding hydrogens is 322 g/mol. The zero-order valence-corrected chi connectivity index (χ0v) is 13.9. The molecule has 0 aliphatic rings. The average molecular weight is 341 g/mol. The summed E-state index contributed by atoms with van der Waals surface area (Å²) in [5.74, 6) is -1.12. The molecule has 0 unspecified atom stereocenters. The quantitative estimate of drug-likeness (QED) is 0.763. The molecule has 0 atom stereocenters. The number of nitrogens with one attached hydrogen (secondary N) is 1. The minimum absolute atomic E-state index is 0.0467. The van der Waals surface area contributed by atoms with Gasteiger partial charge < -0.3 is 5.11 Å². The predicted molar refractivity (Wildman–Crippen MR) is 81.7 cm³/mol. The standard InChI is InChI=1S/C13H19N5O4S/c1-9(2)17-6-4-12(16-17)23(21,22)14-5-7-18-10(3)8-11(15-18)13(19)20/h4,6,8-9,14H,5,7H2,1-3H3,(H,19,20). The summed E-state index contributed by atoms with van der Waals surface area (Å²) in [5, 5.41) is 16.7. The van der Waals surface area contributed by atoms with Gasteiger partial charge >= 0.3 is 5.97 Å². The highest BCUT2D eigenvalue weighted by molar-refractivity contribution is 7.89. The van der Waals surface area contributed by atoms with Gasteiger partial charge in [0.2, 0.25) is 0 Å². The van der Waals surface area contributed by atoms with Crippen molar-refractivity contribution < 1.29 is 18.3 Å². The number of carboxylic acids is 1. The fourth-order valence-electron chi connectivity index (χ4n) is 1.95. The van der Waals surface area contributed by atoms with E-state index < -0.39 is 16.0 Å². The molecule has 2 rings (SSSR count). The first-order chi connectivity index (χ1) is 10.7. The van der Waals surface area contributed by atoms with Crippen molar-refractivity contribution in [1.29, 1.82) is 0 Å². The van der Waals surface area contributed by atoms with Gasteiger partial charge in [-0.2, -0.15) is 10.2 Å². The highest BCUT2D eigenvalue weighted by Gasteiger charge is 2.18. The van der Waals surface area contributed by atoms with Gasteiger partial charge in [0.05, 0.1) is 6.54 Å². The normalized spacial score (nSPS) is 12.0. The van der Waals surface area contributed by atoms with E-state index in [1.807, 2.05) is 13.8 Å². The van der Waals surface area contributed by atoms with Crippen LogP contribution < -0.4 is 4.72 Å². The number of hydrogen-bond donors (Lipinski definition) is 2. The molecule has 2 N–H and O–H groups in total. The third-order valence-corrected chi connectivity index (χ3v) is 4.56. The first-order valence-electron chi connectivity index (χ1n) is 7.03. The van der Waals surface area contributed by atoms with Crippen LogP contribution in [0.2, 0.25) is 0 Å². The number of aromatic nitrogens is 4. The molecule has 2 aromatic heterocycles. The van der Waals surface area contributed by atoms with Gasteiger partial charge in [-0.1, -0.05) is 0 Å². The zero-order chi connectivity index (χ0) is 17.2. The zero-order valence-electron chi connectivity index (χ0n) is 13.1. The lowest BCUT2D eigenvalue weighted by Crippen LogP contribution is -2.28. The Morgan fingerprint density at radius 2 is 2.09 bits per heavy atom. The average Bonchev–Trinajstić information content (AvgIpc) is 3.06. The third-order valence-electron chi connectivity index (χ3n) is 3.20. The smallest absolute Gasteiger partial charge is 0.356 e. The van der Waals surface area contributed by atoms with Crippen LogP contribution >= 0.6 is 0 Å². The van der Waals surface area contributed by atoms with E-state index in [1.165, 1.54) is 16.8 Å². The summed E-state index contributed by atoms with van der Waals surface area (Å²) in [6.45, 7) is 5.81. The molecule has 0 aromatic carbocycles. The van der Waals surface area contributed by atoms with Crippen LogP contribution in [0, 0.1) is 6.92 Å². The lowest BCUT2D eigenvalue weighted by atomic mass is 10.4. The summed E-state index contributed by atoms with van der Waals surface area (Å²) in [5.41, 5.74) is 0.576. The van der Waals surface area contributed by atoms with Crippen molar-refractivity contribution in [3.63, 3.8) is 0 Å². The van der Waals surface area contributed by atoms with Gasteiger partial charge in [-0.3, -0.25) is 9.36 Å². The van der Waals surface area contributed by atoms with Crippen molar-refractivity contribution in [3.8, 4) is 0 Å². The first-order valence-corrected chi connectivity index (χ1v) is 8.51. The highest BCUT2D eigenvalue weighted by Crippen LogP contribution is 2.09. The lowest BCUT2D eigenvalue weighted by Gasteiger charge is -2.07. The molecule has 9 nitrogen and oxygen atoms in total. The lowest BCUT2D eigenvalue weighted by molar-refractivity contribution is 0.0689. The monoisotopic (exact) mass is 341 g/mol. The van der Waals surface area contributed by atoms with Crippen molar-refractivity contribution in [2.24, 2.45) is 0 Å². The van der Waals surface area contributed by atoms with Crippen LogP contribution in [-0.4, -0.2) is 45.6 Å². The van der Waals surface area contributed by atoms with E-state index in [0.717, 1.165) is 0 Å². The van der Waals surface area contributed by atoms with Crippen LogP contribution in [0.15, 0.2) is 23.4 Å². The van der Waals surface area contributed by atoms with E-state index in [9.17, 15) is 13.2 Å². The molecule has 23 heavy (non-hydrogen) atoms. The number of aryl methyl sites for hydroxylation is 1. The second kappa shape index (κ2) is 6.50. The van der Waals surface area contributed by atoms with Crippen LogP contribution in [-0.2, 0) is 16.6 Å². The topological polar surface area (TPSA) is 119 Å². The molecule has 0 fully saturated rings. The predicted octanol–water partition coefficient (Wildman–Crippen LogP) is 0.646. The first kappa shape index (κ1) is 17.2. The summed E-state index contributed by atoms with van der Waals surface area (Å²) in [6, 6.07) is 2.94. The van der Waals surface area contributed by atoms with Crippen LogP contribution in [0.25, 0.3) is 0 Å². The molecular formula is C13H19N5O4S. The molecule has 10 heteroatoms. The molecule has 2 heterocycles. The van der Waals surface area contributed by atoms with Gasteiger partial charge in [0.25, 0.3) is 10.0 Å². The second-order valence-corrected chi connectivity index (χ2v) is 7.04. The van der Waals surface area contributed by atoms with E-state index >= 15 is 0 Å². The molecule has 126 valence electrons. The minimum Gasteiger partial charge on any atom is -0.476 e. The van der Waals surface area contributed by atoms with Crippen LogP contribution in [0.4, 0.5) is 0 Å². The van der Waals surface area contributed by atoms with Crippen molar-refractivity contribution in [1.82, 2.24) is 24.3 Å². The van der Waals surface area contributed by atoms with Crippen molar-refractivity contribution in [2.45, 2.75) is 38.4 Å². The number of rotatable bonds is 7. The maximum Gasteiger partial charge on any atom is 0.356 e. The Labute approximate surface area is 134 Å². The number of carbonyl (C=O) groups is 1. The van der Waals surface area contributed by atoms with Gasteiger partial charge in [-0.05, 0) is 32.9 Å². The number of nitrogens with zero attached hydrogens (tertiary/aromatic N) is 4.